The number of carboxylic acids is 1. The van der Waals surface area contributed by atoms with Gasteiger partial charge in [0.15, 0.2) is 29.4 Å². The molecule has 1 heterocycles. The number of ketones is 2. The number of rotatable bonds is 5. The standard InChI is InChI=1S/C32H41FO9/c1-28(2)41-25-14-22-21-9-8-19-13-20(34)10-11-29(19,3)31(21,33)23(35)15-30(22,4)32(25,42-28)24(36)16-40-27(39)18-7-5-6-17(12-18)26(37)38/h10-11,13,17-18,21-23,25,35H,5-9,12,14-16H2,1-4H3,(H,37,38)/t17?,18?,21-,22-,23-,25+,29-,30-,31-,32+/m0/s1. The van der Waals surface area contributed by atoms with Crippen molar-refractivity contribution in [1.82, 2.24) is 0 Å². The van der Waals surface area contributed by atoms with Crippen LogP contribution in [0.2, 0.25) is 0 Å². The van der Waals surface area contributed by atoms with Gasteiger partial charge < -0.3 is 24.4 Å². The lowest BCUT2D eigenvalue weighted by Crippen LogP contribution is -2.70. The second-order valence-electron chi connectivity index (χ2n) is 14.3. The van der Waals surface area contributed by atoms with E-state index in [1.807, 2.05) is 6.92 Å². The Labute approximate surface area is 244 Å². The first-order valence-corrected chi connectivity index (χ1v) is 15.2. The van der Waals surface area contributed by atoms with Crippen molar-refractivity contribution in [2.45, 2.75) is 108 Å². The summed E-state index contributed by atoms with van der Waals surface area (Å²) in [6.07, 6.45) is 5.18. The lowest BCUT2D eigenvalue weighted by atomic mass is 9.44. The monoisotopic (exact) mass is 588 g/mol. The van der Waals surface area contributed by atoms with Crippen molar-refractivity contribution < 1.29 is 48.0 Å². The molecule has 5 fully saturated rings. The van der Waals surface area contributed by atoms with E-state index in [0.717, 1.165) is 0 Å². The highest BCUT2D eigenvalue weighted by Crippen LogP contribution is 2.72. The van der Waals surface area contributed by atoms with Crippen molar-refractivity contribution in [2.75, 3.05) is 6.61 Å². The summed E-state index contributed by atoms with van der Waals surface area (Å²) in [6, 6.07) is 0. The molecule has 0 bridgehead atoms. The summed E-state index contributed by atoms with van der Waals surface area (Å²) in [5.74, 6) is -5.60. The Morgan fingerprint density at radius 1 is 1.07 bits per heavy atom. The van der Waals surface area contributed by atoms with Crippen LogP contribution < -0.4 is 0 Å². The Kier molecular flexibility index (Phi) is 6.73. The quantitative estimate of drug-likeness (QED) is 0.459. The molecule has 10 heteroatoms. The van der Waals surface area contributed by atoms with Crippen LogP contribution in [-0.2, 0) is 33.4 Å². The van der Waals surface area contributed by atoms with Gasteiger partial charge in [-0.1, -0.05) is 25.0 Å². The Morgan fingerprint density at radius 3 is 2.50 bits per heavy atom. The molecule has 9 nitrogen and oxygen atoms in total. The number of halogens is 1. The highest BCUT2D eigenvalue weighted by Gasteiger charge is 2.80. The Balaban J connectivity index is 1.29. The van der Waals surface area contributed by atoms with Gasteiger partial charge in [-0.25, -0.2) is 4.39 Å². The molecular weight excluding hydrogens is 547 g/mol. The van der Waals surface area contributed by atoms with Crippen LogP contribution in [0.4, 0.5) is 4.39 Å². The maximum atomic E-state index is 17.5. The Morgan fingerprint density at radius 2 is 1.79 bits per heavy atom. The second kappa shape index (κ2) is 9.53. The fourth-order valence-electron chi connectivity index (χ4n) is 9.80. The van der Waals surface area contributed by atoms with E-state index >= 15 is 4.39 Å². The molecule has 0 aromatic carbocycles. The third-order valence-corrected chi connectivity index (χ3v) is 11.8. The summed E-state index contributed by atoms with van der Waals surface area (Å²) in [5, 5.41) is 21.1. The summed E-state index contributed by atoms with van der Waals surface area (Å²) >= 11 is 0. The van der Waals surface area contributed by atoms with Gasteiger partial charge in [0.2, 0.25) is 5.78 Å². The number of hydrogen-bond acceptors (Lipinski definition) is 8. The van der Waals surface area contributed by atoms with E-state index in [-0.39, 0.29) is 24.5 Å². The maximum absolute atomic E-state index is 17.5. The number of carboxylic acid groups (broad SMARTS) is 1. The maximum Gasteiger partial charge on any atom is 0.309 e. The van der Waals surface area contributed by atoms with Gasteiger partial charge in [-0.15, -0.1) is 0 Å². The summed E-state index contributed by atoms with van der Waals surface area (Å²) in [7, 11) is 0. The van der Waals surface area contributed by atoms with Crippen LogP contribution in [0.3, 0.4) is 0 Å². The molecule has 0 aromatic heterocycles. The molecule has 5 aliphatic carbocycles. The molecule has 10 atom stereocenters. The largest absolute Gasteiger partial charge is 0.481 e. The van der Waals surface area contributed by atoms with E-state index in [9.17, 15) is 29.4 Å². The van der Waals surface area contributed by atoms with Crippen molar-refractivity contribution in [3.63, 3.8) is 0 Å². The van der Waals surface area contributed by atoms with E-state index in [4.69, 9.17) is 14.2 Å². The van der Waals surface area contributed by atoms with E-state index in [1.165, 1.54) is 12.2 Å². The van der Waals surface area contributed by atoms with Crippen LogP contribution >= 0.6 is 0 Å². The highest BCUT2D eigenvalue weighted by molar-refractivity contribution is 6.01. The topological polar surface area (TPSA) is 136 Å². The fourth-order valence-corrected chi connectivity index (χ4v) is 9.80. The zero-order chi connectivity index (χ0) is 30.5. The predicted octanol–water partition coefficient (Wildman–Crippen LogP) is 3.86. The molecule has 4 saturated carbocycles. The van der Waals surface area contributed by atoms with Gasteiger partial charge in [0.1, 0.15) is 0 Å². The van der Waals surface area contributed by atoms with Crippen LogP contribution in [0.5, 0.6) is 0 Å². The third kappa shape index (κ3) is 3.90. The number of alkyl halides is 1. The van der Waals surface area contributed by atoms with Crippen LogP contribution in [0.15, 0.2) is 23.8 Å². The van der Waals surface area contributed by atoms with Gasteiger partial charge in [0.25, 0.3) is 0 Å². The number of esters is 1. The number of aliphatic hydroxyl groups is 1. The number of ether oxygens (including phenoxy) is 3. The SMILES string of the molecule is CC1(C)O[C@@H]2C[C@H]3[C@@H]4CCC5=CC(=O)C=C[C@]5(C)[C@@]4(F)[C@@H](O)C[C@]3(C)[C@]2(C(=O)COC(=O)C2CCCC(C(=O)O)C2)O1. The number of aliphatic carboxylic acids is 1. The molecule has 6 aliphatic rings. The molecule has 42 heavy (non-hydrogen) atoms. The van der Waals surface area contributed by atoms with Crippen molar-refractivity contribution >= 4 is 23.5 Å². The van der Waals surface area contributed by atoms with Crippen molar-refractivity contribution in [1.29, 1.82) is 0 Å². The number of aliphatic hydroxyl groups excluding tert-OH is 1. The molecule has 2 N–H and O–H groups in total. The van der Waals surface area contributed by atoms with Crippen LogP contribution in [0.1, 0.15) is 79.1 Å². The Hall–Kier alpha value is -2.43. The molecule has 0 amide bonds. The van der Waals surface area contributed by atoms with E-state index in [0.29, 0.717) is 44.1 Å². The highest BCUT2D eigenvalue weighted by atomic mass is 19.1. The average molecular weight is 589 g/mol. The Bertz CT molecular complexity index is 1290. The molecule has 6 rings (SSSR count). The molecule has 1 saturated heterocycles. The summed E-state index contributed by atoms with van der Waals surface area (Å²) in [6.45, 7) is 6.44. The minimum absolute atomic E-state index is 0.0755. The first-order chi connectivity index (χ1) is 19.6. The number of Topliss-reactive ketones (excluding diaryl/α,β-unsaturated/α-hetero) is 1. The summed E-state index contributed by atoms with van der Waals surface area (Å²) < 4.78 is 35.8. The summed E-state index contributed by atoms with van der Waals surface area (Å²) in [4.78, 5) is 50.8. The van der Waals surface area contributed by atoms with Gasteiger partial charge in [-0.3, -0.25) is 19.2 Å². The lowest BCUT2D eigenvalue weighted by molar-refractivity contribution is -0.246. The first kappa shape index (κ1) is 29.6. The van der Waals surface area contributed by atoms with Gasteiger partial charge in [-0.05, 0) is 83.8 Å². The van der Waals surface area contributed by atoms with Gasteiger partial charge >= 0.3 is 11.9 Å². The molecule has 0 aromatic rings. The normalized spacial score (nSPS) is 47.0. The zero-order valence-corrected chi connectivity index (χ0v) is 24.7. The number of fused-ring (bicyclic) bond motifs is 7. The third-order valence-electron chi connectivity index (χ3n) is 11.8. The number of allylic oxidation sites excluding steroid dienone is 4. The molecule has 2 unspecified atom stereocenters. The van der Waals surface area contributed by atoms with E-state index < -0.39 is 82.2 Å². The molecular formula is C32H41FO9. The average Bonchev–Trinajstić information content (AvgIpc) is 3.34. The summed E-state index contributed by atoms with van der Waals surface area (Å²) in [5.41, 5.74) is -5.15. The van der Waals surface area contributed by atoms with Crippen LogP contribution in [0, 0.1) is 34.5 Å². The minimum Gasteiger partial charge on any atom is -0.481 e. The van der Waals surface area contributed by atoms with E-state index in [1.54, 1.807) is 26.8 Å². The van der Waals surface area contributed by atoms with E-state index in [2.05, 4.69) is 0 Å². The van der Waals surface area contributed by atoms with Crippen molar-refractivity contribution in [2.24, 2.45) is 34.5 Å². The van der Waals surface area contributed by atoms with Crippen LogP contribution in [0.25, 0.3) is 0 Å². The second-order valence-corrected chi connectivity index (χ2v) is 14.3. The number of carbonyl (C=O) groups excluding carboxylic acids is 3. The molecule has 0 spiro atoms. The zero-order valence-electron chi connectivity index (χ0n) is 24.7. The van der Waals surface area contributed by atoms with Gasteiger partial charge in [-0.2, -0.15) is 0 Å². The predicted molar refractivity (Wildman–Crippen MR) is 146 cm³/mol. The smallest absolute Gasteiger partial charge is 0.309 e. The lowest BCUT2D eigenvalue weighted by Gasteiger charge is -2.62. The van der Waals surface area contributed by atoms with Crippen molar-refractivity contribution in [3.05, 3.63) is 23.8 Å². The van der Waals surface area contributed by atoms with Gasteiger partial charge in [0.05, 0.1) is 24.0 Å². The molecule has 230 valence electrons. The minimum atomic E-state index is -2.06. The van der Waals surface area contributed by atoms with Crippen molar-refractivity contribution in [3.8, 4) is 0 Å². The number of carbonyl (C=O) groups is 4. The van der Waals surface area contributed by atoms with Gasteiger partial charge in [0, 0.05) is 16.7 Å². The fraction of sp³-hybridized carbons (Fsp3) is 0.750. The molecule has 0 radical (unpaired) electrons. The molecule has 1 aliphatic heterocycles. The number of hydrogen-bond donors (Lipinski definition) is 2. The van der Waals surface area contributed by atoms with Crippen LogP contribution in [-0.4, -0.2) is 69.6 Å². The first-order valence-electron chi connectivity index (χ1n) is 15.2.